The highest BCUT2D eigenvalue weighted by molar-refractivity contribution is 6.01. The lowest BCUT2D eigenvalue weighted by atomic mass is 9.76. The lowest BCUT2D eigenvalue weighted by Crippen LogP contribution is -2.39. The first-order valence-corrected chi connectivity index (χ1v) is 10.1. The van der Waals surface area contributed by atoms with E-state index in [1.54, 1.807) is 4.57 Å². The van der Waals surface area contributed by atoms with Gasteiger partial charge in [-0.2, -0.15) is 0 Å². The highest BCUT2D eigenvalue weighted by Gasteiger charge is 2.42. The third-order valence-corrected chi connectivity index (χ3v) is 5.46. The predicted molar refractivity (Wildman–Crippen MR) is 120 cm³/mol. The molecule has 1 aromatic heterocycles. The number of carbonyl (C=O) groups is 2. The van der Waals surface area contributed by atoms with Gasteiger partial charge < -0.3 is 14.0 Å². The predicted octanol–water partition coefficient (Wildman–Crippen LogP) is 4.30. The molecule has 0 spiro atoms. The summed E-state index contributed by atoms with van der Waals surface area (Å²) in [6, 6.07) is 29.3. The van der Waals surface area contributed by atoms with Gasteiger partial charge in [0.05, 0.1) is 20.5 Å². The Kier molecular flexibility index (Phi) is 5.85. The molecule has 0 atom stereocenters. The van der Waals surface area contributed by atoms with E-state index in [-0.39, 0.29) is 11.4 Å². The third kappa shape index (κ3) is 3.36. The highest BCUT2D eigenvalue weighted by Crippen LogP contribution is 2.42. The number of nitrogens with zero attached hydrogens (tertiary/aromatic N) is 2. The molecule has 160 valence electrons. The normalized spacial score (nSPS) is 11.1. The fraction of sp³-hybridized carbons (Fsp3) is 0.115. The number of esters is 2. The molecule has 0 saturated carbocycles. The molecular weight excluding hydrogens is 404 g/mol. The summed E-state index contributed by atoms with van der Waals surface area (Å²) in [5.41, 5.74) is 1.55. The van der Waals surface area contributed by atoms with E-state index in [0.717, 1.165) is 16.7 Å². The first-order valence-electron chi connectivity index (χ1n) is 10.1. The summed E-state index contributed by atoms with van der Waals surface area (Å²) < 4.78 is 11.7. The van der Waals surface area contributed by atoms with Crippen molar-refractivity contribution < 1.29 is 19.1 Å². The van der Waals surface area contributed by atoms with Crippen LogP contribution in [0.1, 0.15) is 37.7 Å². The van der Waals surface area contributed by atoms with Crippen LogP contribution in [0, 0.1) is 0 Å². The second-order valence-electron chi connectivity index (χ2n) is 7.10. The summed E-state index contributed by atoms with van der Waals surface area (Å²) in [4.78, 5) is 29.8. The molecule has 32 heavy (non-hydrogen) atoms. The van der Waals surface area contributed by atoms with E-state index in [2.05, 4.69) is 4.98 Å². The second kappa shape index (κ2) is 8.89. The lowest BCUT2D eigenvalue weighted by Gasteiger charge is -2.38. The maximum atomic E-state index is 13.0. The van der Waals surface area contributed by atoms with E-state index in [9.17, 15) is 9.59 Å². The standard InChI is InChI=1S/C26H22N2O4/c1-31-24(29)22-23(25(30)32-2)28(18-27-22)26(19-12-6-3-7-13-19,20-14-8-4-9-15-20)21-16-10-5-11-17-21/h3-18H,1-2H3. The van der Waals surface area contributed by atoms with Crippen LogP contribution in [0.2, 0.25) is 0 Å². The quantitative estimate of drug-likeness (QED) is 0.340. The Morgan fingerprint density at radius 1 is 0.688 bits per heavy atom. The van der Waals surface area contributed by atoms with Crippen molar-refractivity contribution in [3.05, 3.63) is 125 Å². The number of ether oxygens (including phenoxy) is 2. The summed E-state index contributed by atoms with van der Waals surface area (Å²) >= 11 is 0. The Hall–Kier alpha value is -4.19. The average Bonchev–Trinajstić information content (AvgIpc) is 3.31. The van der Waals surface area contributed by atoms with Crippen LogP contribution < -0.4 is 0 Å². The molecule has 1 heterocycles. The number of aromatic nitrogens is 2. The molecule has 4 aromatic rings. The number of rotatable bonds is 6. The first-order chi connectivity index (χ1) is 15.6. The Balaban J connectivity index is 2.19. The summed E-state index contributed by atoms with van der Waals surface area (Å²) in [7, 11) is 2.53. The van der Waals surface area contributed by atoms with Gasteiger partial charge in [-0.3, -0.25) is 0 Å². The van der Waals surface area contributed by atoms with Gasteiger partial charge in [-0.1, -0.05) is 91.0 Å². The van der Waals surface area contributed by atoms with Gasteiger partial charge in [0.15, 0.2) is 11.4 Å². The molecule has 0 aliphatic heterocycles. The van der Waals surface area contributed by atoms with Crippen LogP contribution in [-0.4, -0.2) is 35.7 Å². The molecule has 3 aromatic carbocycles. The van der Waals surface area contributed by atoms with Gasteiger partial charge in [0.1, 0.15) is 5.54 Å². The van der Waals surface area contributed by atoms with Gasteiger partial charge in [0, 0.05) is 0 Å². The summed E-state index contributed by atoms with van der Waals surface area (Å²) in [5.74, 6) is -1.40. The minimum absolute atomic E-state index is 0.0101. The minimum Gasteiger partial charge on any atom is -0.464 e. The number of imidazole rings is 1. The maximum Gasteiger partial charge on any atom is 0.359 e. The van der Waals surface area contributed by atoms with E-state index >= 15 is 0 Å². The van der Waals surface area contributed by atoms with Gasteiger partial charge in [0.2, 0.25) is 0 Å². The summed E-state index contributed by atoms with van der Waals surface area (Å²) in [6.07, 6.45) is 1.49. The second-order valence-corrected chi connectivity index (χ2v) is 7.10. The van der Waals surface area contributed by atoms with E-state index in [1.165, 1.54) is 20.5 Å². The van der Waals surface area contributed by atoms with Gasteiger partial charge >= 0.3 is 11.9 Å². The van der Waals surface area contributed by atoms with Gasteiger partial charge in [-0.05, 0) is 16.7 Å². The molecule has 0 saturated heterocycles. The maximum absolute atomic E-state index is 13.0. The zero-order valence-electron chi connectivity index (χ0n) is 17.8. The zero-order valence-corrected chi connectivity index (χ0v) is 17.8. The first kappa shape index (κ1) is 21.1. The third-order valence-electron chi connectivity index (χ3n) is 5.46. The highest BCUT2D eigenvalue weighted by atomic mass is 16.5. The molecule has 0 aliphatic rings. The molecule has 0 N–H and O–H groups in total. The number of carbonyl (C=O) groups excluding carboxylic acids is 2. The van der Waals surface area contributed by atoms with E-state index in [0.29, 0.717) is 0 Å². The smallest absolute Gasteiger partial charge is 0.359 e. The Morgan fingerprint density at radius 2 is 1.09 bits per heavy atom. The van der Waals surface area contributed by atoms with Crippen molar-refractivity contribution in [2.24, 2.45) is 0 Å². The van der Waals surface area contributed by atoms with Gasteiger partial charge in [-0.25, -0.2) is 14.6 Å². The molecule has 0 bridgehead atoms. The average molecular weight is 426 g/mol. The molecule has 0 amide bonds. The van der Waals surface area contributed by atoms with Crippen molar-refractivity contribution >= 4 is 11.9 Å². The van der Waals surface area contributed by atoms with Crippen molar-refractivity contribution in [2.45, 2.75) is 5.54 Å². The van der Waals surface area contributed by atoms with Crippen LogP contribution in [0.3, 0.4) is 0 Å². The Morgan fingerprint density at radius 3 is 1.47 bits per heavy atom. The van der Waals surface area contributed by atoms with Crippen molar-refractivity contribution in [3.63, 3.8) is 0 Å². The molecule has 4 rings (SSSR count). The zero-order chi connectivity index (χ0) is 22.6. The Bertz CT molecular complexity index is 1120. The van der Waals surface area contributed by atoms with Crippen LogP contribution in [-0.2, 0) is 15.0 Å². The van der Waals surface area contributed by atoms with E-state index in [1.807, 2.05) is 91.0 Å². The van der Waals surface area contributed by atoms with Crippen molar-refractivity contribution in [2.75, 3.05) is 14.2 Å². The van der Waals surface area contributed by atoms with Crippen LogP contribution in [0.25, 0.3) is 0 Å². The fourth-order valence-corrected chi connectivity index (χ4v) is 4.10. The molecule has 0 radical (unpaired) electrons. The largest absolute Gasteiger partial charge is 0.464 e. The van der Waals surface area contributed by atoms with Crippen molar-refractivity contribution in [1.82, 2.24) is 9.55 Å². The van der Waals surface area contributed by atoms with Crippen molar-refractivity contribution in [1.29, 1.82) is 0 Å². The van der Waals surface area contributed by atoms with Gasteiger partial charge in [0.25, 0.3) is 0 Å². The number of hydrogen-bond donors (Lipinski definition) is 0. The minimum atomic E-state index is -1.01. The number of benzene rings is 3. The Labute approximate surface area is 186 Å². The topological polar surface area (TPSA) is 70.4 Å². The summed E-state index contributed by atoms with van der Waals surface area (Å²) in [5, 5.41) is 0. The van der Waals surface area contributed by atoms with Crippen molar-refractivity contribution in [3.8, 4) is 0 Å². The van der Waals surface area contributed by atoms with Gasteiger partial charge in [-0.15, -0.1) is 0 Å². The fourth-order valence-electron chi connectivity index (χ4n) is 4.10. The molecule has 6 nitrogen and oxygen atoms in total. The number of methoxy groups -OCH3 is 2. The van der Waals surface area contributed by atoms with Crippen LogP contribution in [0.4, 0.5) is 0 Å². The van der Waals surface area contributed by atoms with E-state index in [4.69, 9.17) is 9.47 Å². The van der Waals surface area contributed by atoms with Crippen LogP contribution in [0.15, 0.2) is 97.3 Å². The molecule has 6 heteroatoms. The molecule has 0 fully saturated rings. The lowest BCUT2D eigenvalue weighted by molar-refractivity contribution is 0.0541. The van der Waals surface area contributed by atoms with Crippen LogP contribution in [0.5, 0.6) is 0 Å². The molecule has 0 unspecified atom stereocenters. The van der Waals surface area contributed by atoms with Crippen LogP contribution >= 0.6 is 0 Å². The molecular formula is C26H22N2O4. The SMILES string of the molecule is COC(=O)c1ncn(C(c2ccccc2)(c2ccccc2)c2ccccc2)c1C(=O)OC. The molecule has 0 aliphatic carbocycles. The number of hydrogen-bond acceptors (Lipinski definition) is 5. The monoisotopic (exact) mass is 426 g/mol. The van der Waals surface area contributed by atoms with E-state index < -0.39 is 17.5 Å². The summed E-state index contributed by atoms with van der Waals surface area (Å²) in [6.45, 7) is 0.